The largest absolute Gasteiger partial charge is 0.325 e. The van der Waals surface area contributed by atoms with Crippen LogP contribution in [0.2, 0.25) is 0 Å². The molecule has 1 heterocycles. The number of hydrogen-bond acceptors (Lipinski definition) is 5. The molecule has 3 rings (SSSR count). The molecule has 0 atom stereocenters. The van der Waals surface area contributed by atoms with Gasteiger partial charge in [-0.2, -0.15) is 5.26 Å². The molecule has 0 bridgehead atoms. The lowest BCUT2D eigenvalue weighted by Crippen LogP contribution is -2.14. The molecule has 2 aromatic carbocycles. The molecule has 0 aliphatic rings. The quantitative estimate of drug-likeness (QED) is 0.687. The molecule has 0 spiro atoms. The highest BCUT2D eigenvalue weighted by molar-refractivity contribution is 7.99. The number of halogens is 1. The maximum atomic E-state index is 13.7. The average Bonchev–Trinajstić information content (AvgIpc) is 3.10. The molecule has 25 heavy (non-hydrogen) atoms. The summed E-state index contributed by atoms with van der Waals surface area (Å²) in [5.74, 6) is -0.206. The van der Waals surface area contributed by atoms with Crippen molar-refractivity contribution in [2.45, 2.75) is 5.16 Å². The van der Waals surface area contributed by atoms with Gasteiger partial charge >= 0.3 is 0 Å². The normalized spacial score (nSPS) is 10.2. The summed E-state index contributed by atoms with van der Waals surface area (Å²) in [6.45, 7) is 0. The van der Waals surface area contributed by atoms with Gasteiger partial charge in [0.15, 0.2) is 5.82 Å². The summed E-state index contributed by atoms with van der Waals surface area (Å²) >= 11 is 1.14. The summed E-state index contributed by atoms with van der Waals surface area (Å²) in [5.41, 5.74) is 1.45. The van der Waals surface area contributed by atoms with Gasteiger partial charge in [0.1, 0.15) is 5.82 Å². The van der Waals surface area contributed by atoms with Gasteiger partial charge in [-0.15, -0.1) is 5.10 Å². The highest BCUT2D eigenvalue weighted by atomic mass is 32.2. The Balaban J connectivity index is 1.57. The maximum absolute atomic E-state index is 13.7. The van der Waals surface area contributed by atoms with Gasteiger partial charge in [-0.1, -0.05) is 23.9 Å². The van der Waals surface area contributed by atoms with Crippen molar-refractivity contribution in [1.29, 1.82) is 5.26 Å². The summed E-state index contributed by atoms with van der Waals surface area (Å²) in [6, 6.07) is 14.8. The Morgan fingerprint density at radius 1 is 1.24 bits per heavy atom. The van der Waals surface area contributed by atoms with Gasteiger partial charge < -0.3 is 5.32 Å². The highest BCUT2D eigenvalue weighted by Crippen LogP contribution is 2.21. The lowest BCUT2D eigenvalue weighted by molar-refractivity contribution is -0.113. The zero-order valence-corrected chi connectivity index (χ0v) is 13.7. The minimum atomic E-state index is -0.395. The van der Waals surface area contributed by atoms with E-state index in [1.807, 2.05) is 6.07 Å². The van der Waals surface area contributed by atoms with Crippen LogP contribution in [0, 0.1) is 17.1 Å². The number of carbonyl (C=O) groups is 1. The van der Waals surface area contributed by atoms with Crippen molar-refractivity contribution in [3.8, 4) is 17.5 Å². The molecule has 0 aliphatic carbocycles. The number of thioether (sulfide) groups is 1. The first-order valence-corrected chi connectivity index (χ1v) is 8.24. The number of rotatable bonds is 5. The van der Waals surface area contributed by atoms with E-state index < -0.39 is 5.82 Å². The van der Waals surface area contributed by atoms with Gasteiger partial charge in [-0.25, -0.2) is 9.37 Å². The van der Waals surface area contributed by atoms with Crippen molar-refractivity contribution in [1.82, 2.24) is 15.2 Å². The van der Waals surface area contributed by atoms with Gasteiger partial charge in [0.25, 0.3) is 0 Å². The Hall–Kier alpha value is -3.18. The van der Waals surface area contributed by atoms with Gasteiger partial charge in [0, 0.05) is 5.69 Å². The number of aromatic amines is 1. The number of aromatic nitrogens is 3. The predicted molar refractivity (Wildman–Crippen MR) is 92.3 cm³/mol. The Labute approximate surface area is 147 Å². The van der Waals surface area contributed by atoms with Crippen LogP contribution in [0.4, 0.5) is 10.1 Å². The average molecular weight is 353 g/mol. The molecule has 2 N–H and O–H groups in total. The lowest BCUT2D eigenvalue weighted by atomic mass is 10.2. The van der Waals surface area contributed by atoms with E-state index >= 15 is 0 Å². The third-order valence-electron chi connectivity index (χ3n) is 3.22. The van der Waals surface area contributed by atoms with E-state index in [2.05, 4.69) is 20.5 Å². The smallest absolute Gasteiger partial charge is 0.234 e. The highest BCUT2D eigenvalue weighted by Gasteiger charge is 2.11. The van der Waals surface area contributed by atoms with Crippen molar-refractivity contribution in [2.24, 2.45) is 0 Å². The lowest BCUT2D eigenvalue weighted by Gasteiger charge is -2.03. The molecule has 1 amide bonds. The molecule has 3 aromatic rings. The monoisotopic (exact) mass is 353 g/mol. The Kier molecular flexibility index (Phi) is 5.06. The maximum Gasteiger partial charge on any atom is 0.234 e. The number of nitriles is 1. The van der Waals surface area contributed by atoms with Crippen LogP contribution in [0.5, 0.6) is 0 Å². The number of amides is 1. The van der Waals surface area contributed by atoms with Crippen molar-refractivity contribution in [3.05, 3.63) is 59.9 Å². The summed E-state index contributed by atoms with van der Waals surface area (Å²) in [4.78, 5) is 16.1. The van der Waals surface area contributed by atoms with E-state index in [-0.39, 0.29) is 11.7 Å². The molecule has 0 radical (unpaired) electrons. The number of benzene rings is 2. The molecular weight excluding hydrogens is 341 g/mol. The van der Waals surface area contributed by atoms with Crippen molar-refractivity contribution < 1.29 is 9.18 Å². The number of nitrogens with one attached hydrogen (secondary N) is 2. The second kappa shape index (κ2) is 7.59. The first-order chi connectivity index (χ1) is 12.2. The van der Waals surface area contributed by atoms with Crippen LogP contribution in [0.15, 0.2) is 53.7 Å². The van der Waals surface area contributed by atoms with Gasteiger partial charge in [0.05, 0.1) is 22.9 Å². The van der Waals surface area contributed by atoms with E-state index in [4.69, 9.17) is 5.26 Å². The van der Waals surface area contributed by atoms with Crippen molar-refractivity contribution >= 4 is 23.4 Å². The Bertz CT molecular complexity index is 933. The zero-order chi connectivity index (χ0) is 17.6. The van der Waals surface area contributed by atoms with E-state index in [1.165, 1.54) is 6.07 Å². The molecule has 0 unspecified atom stereocenters. The summed E-state index contributed by atoms with van der Waals surface area (Å²) in [5, 5.41) is 18.5. The second-order valence-corrected chi connectivity index (χ2v) is 5.91. The van der Waals surface area contributed by atoms with E-state index in [0.717, 1.165) is 11.8 Å². The first-order valence-electron chi connectivity index (χ1n) is 7.26. The number of carbonyl (C=O) groups excluding carboxylic acids is 1. The standard InChI is InChI=1S/C17H12FN5OS/c18-14-4-2-1-3-13(14)16-21-17(23-22-16)25-10-15(24)20-12-7-5-11(9-19)6-8-12/h1-8H,10H2,(H,20,24)(H,21,22,23). The molecular formula is C17H12FN5OS. The summed E-state index contributed by atoms with van der Waals surface area (Å²) in [7, 11) is 0. The Morgan fingerprint density at radius 2 is 2.00 bits per heavy atom. The summed E-state index contributed by atoms with van der Waals surface area (Å²) in [6.07, 6.45) is 0. The predicted octanol–water partition coefficient (Wildman–Crippen LogP) is 3.21. The number of H-pyrrole nitrogens is 1. The molecule has 0 fully saturated rings. The molecule has 8 heteroatoms. The molecule has 0 aliphatic heterocycles. The van der Waals surface area contributed by atoms with Crippen LogP contribution in [0.1, 0.15) is 5.56 Å². The Morgan fingerprint density at radius 3 is 2.72 bits per heavy atom. The van der Waals surface area contributed by atoms with E-state index in [1.54, 1.807) is 42.5 Å². The minimum absolute atomic E-state index is 0.106. The second-order valence-electron chi connectivity index (χ2n) is 4.97. The topological polar surface area (TPSA) is 94.5 Å². The van der Waals surface area contributed by atoms with Crippen LogP contribution in [-0.2, 0) is 4.79 Å². The fourth-order valence-electron chi connectivity index (χ4n) is 2.04. The van der Waals surface area contributed by atoms with Crippen LogP contribution >= 0.6 is 11.8 Å². The number of anilines is 1. The van der Waals surface area contributed by atoms with E-state index in [0.29, 0.717) is 27.8 Å². The molecule has 6 nitrogen and oxygen atoms in total. The van der Waals surface area contributed by atoms with Crippen LogP contribution in [0.3, 0.4) is 0 Å². The third-order valence-corrected chi connectivity index (χ3v) is 4.07. The third kappa shape index (κ3) is 4.22. The fourth-order valence-corrected chi connectivity index (χ4v) is 2.64. The van der Waals surface area contributed by atoms with Crippen LogP contribution in [0.25, 0.3) is 11.4 Å². The SMILES string of the molecule is N#Cc1ccc(NC(=O)CSc2n[nH]c(-c3ccccc3F)n2)cc1. The summed E-state index contributed by atoms with van der Waals surface area (Å²) < 4.78 is 13.7. The zero-order valence-electron chi connectivity index (χ0n) is 12.9. The van der Waals surface area contributed by atoms with E-state index in [9.17, 15) is 9.18 Å². The van der Waals surface area contributed by atoms with Crippen molar-refractivity contribution in [2.75, 3.05) is 11.1 Å². The molecule has 1 aromatic heterocycles. The minimum Gasteiger partial charge on any atom is -0.325 e. The van der Waals surface area contributed by atoms with Crippen LogP contribution in [-0.4, -0.2) is 26.8 Å². The molecule has 0 saturated heterocycles. The fraction of sp³-hybridized carbons (Fsp3) is 0.0588. The van der Waals surface area contributed by atoms with Gasteiger partial charge in [-0.3, -0.25) is 9.89 Å². The number of hydrogen-bond donors (Lipinski definition) is 2. The van der Waals surface area contributed by atoms with Gasteiger partial charge in [-0.05, 0) is 36.4 Å². The van der Waals surface area contributed by atoms with Gasteiger partial charge in [0.2, 0.25) is 11.1 Å². The first kappa shape index (κ1) is 16.7. The molecule has 0 saturated carbocycles. The number of nitrogens with zero attached hydrogens (tertiary/aromatic N) is 3. The van der Waals surface area contributed by atoms with Crippen LogP contribution < -0.4 is 5.32 Å². The van der Waals surface area contributed by atoms with Crippen molar-refractivity contribution in [3.63, 3.8) is 0 Å². The molecule has 124 valence electrons.